The number of carbonyl (C=O) groups excluding carboxylic acids is 1. The van der Waals surface area contributed by atoms with E-state index in [4.69, 9.17) is 4.74 Å². The lowest BCUT2D eigenvalue weighted by atomic mass is 9.85. The minimum atomic E-state index is -0.283. The SMILES string of the molecule is CC(C)OCCCN1C(=O)c2[nH]nc(-c3ccccc3O)c2[C@@H]1c1ccc(C(C)(C)C)cc1. The number of ether oxygens (including phenoxy) is 1. The highest BCUT2D eigenvalue weighted by molar-refractivity contribution is 6.00. The van der Waals surface area contributed by atoms with Crippen molar-refractivity contribution in [2.45, 2.75) is 58.6 Å². The van der Waals surface area contributed by atoms with E-state index in [1.165, 1.54) is 5.56 Å². The van der Waals surface area contributed by atoms with Crippen LogP contribution in [0.1, 0.15) is 74.3 Å². The molecular formula is C27H33N3O3. The monoisotopic (exact) mass is 447 g/mol. The summed E-state index contributed by atoms with van der Waals surface area (Å²) in [6, 6.07) is 15.3. The largest absolute Gasteiger partial charge is 0.507 e. The molecule has 6 nitrogen and oxygen atoms in total. The topological polar surface area (TPSA) is 78.5 Å². The van der Waals surface area contributed by atoms with E-state index in [0.717, 1.165) is 17.5 Å². The number of benzene rings is 2. The van der Waals surface area contributed by atoms with Crippen LogP contribution in [-0.4, -0.2) is 45.4 Å². The zero-order valence-corrected chi connectivity index (χ0v) is 20.1. The van der Waals surface area contributed by atoms with Gasteiger partial charge in [-0.05, 0) is 48.9 Å². The van der Waals surface area contributed by atoms with Crippen molar-refractivity contribution in [1.29, 1.82) is 0 Å². The third-order valence-electron chi connectivity index (χ3n) is 6.11. The number of nitrogens with zero attached hydrogens (tertiary/aromatic N) is 2. The predicted molar refractivity (Wildman–Crippen MR) is 129 cm³/mol. The van der Waals surface area contributed by atoms with E-state index in [-0.39, 0.29) is 29.2 Å². The molecule has 0 spiro atoms. The Morgan fingerprint density at radius 2 is 1.82 bits per heavy atom. The number of nitrogens with one attached hydrogen (secondary N) is 1. The molecular weight excluding hydrogens is 414 g/mol. The lowest BCUT2D eigenvalue weighted by Crippen LogP contribution is -2.31. The molecule has 0 unspecified atom stereocenters. The van der Waals surface area contributed by atoms with Gasteiger partial charge in [-0.25, -0.2) is 0 Å². The second-order valence-corrected chi connectivity index (χ2v) is 9.92. The molecule has 174 valence electrons. The van der Waals surface area contributed by atoms with Crippen molar-refractivity contribution in [2.24, 2.45) is 0 Å². The maximum atomic E-state index is 13.4. The number of H-pyrrole nitrogens is 1. The summed E-state index contributed by atoms with van der Waals surface area (Å²) >= 11 is 0. The van der Waals surface area contributed by atoms with Gasteiger partial charge in [0.25, 0.3) is 5.91 Å². The van der Waals surface area contributed by atoms with Crippen LogP contribution in [0.25, 0.3) is 11.3 Å². The Kier molecular flexibility index (Phi) is 6.30. The third-order valence-corrected chi connectivity index (χ3v) is 6.11. The Balaban J connectivity index is 1.75. The molecule has 2 aromatic carbocycles. The van der Waals surface area contributed by atoms with Gasteiger partial charge < -0.3 is 14.7 Å². The van der Waals surface area contributed by atoms with Crippen molar-refractivity contribution in [3.05, 3.63) is 70.9 Å². The molecule has 0 saturated carbocycles. The Bertz CT molecular complexity index is 1130. The first-order valence-corrected chi connectivity index (χ1v) is 11.6. The van der Waals surface area contributed by atoms with E-state index < -0.39 is 0 Å². The number of hydrogen-bond donors (Lipinski definition) is 2. The summed E-state index contributed by atoms with van der Waals surface area (Å²) in [6.45, 7) is 11.7. The van der Waals surface area contributed by atoms with Crippen LogP contribution in [0.4, 0.5) is 0 Å². The van der Waals surface area contributed by atoms with Gasteiger partial charge in [-0.3, -0.25) is 9.89 Å². The van der Waals surface area contributed by atoms with Crippen LogP contribution < -0.4 is 0 Å². The first-order valence-electron chi connectivity index (χ1n) is 11.6. The van der Waals surface area contributed by atoms with Crippen molar-refractivity contribution < 1.29 is 14.6 Å². The van der Waals surface area contributed by atoms with E-state index in [2.05, 4.69) is 55.2 Å². The lowest BCUT2D eigenvalue weighted by Gasteiger charge is -2.27. The maximum absolute atomic E-state index is 13.4. The summed E-state index contributed by atoms with van der Waals surface area (Å²) in [5, 5.41) is 17.9. The molecule has 0 bridgehead atoms. The zero-order valence-electron chi connectivity index (χ0n) is 20.1. The highest BCUT2D eigenvalue weighted by Crippen LogP contribution is 2.44. The van der Waals surface area contributed by atoms with E-state index in [1.807, 2.05) is 30.9 Å². The molecule has 0 radical (unpaired) electrons. The number of para-hydroxylation sites is 1. The smallest absolute Gasteiger partial charge is 0.273 e. The quantitative estimate of drug-likeness (QED) is 0.473. The van der Waals surface area contributed by atoms with Crippen LogP contribution in [0.2, 0.25) is 0 Å². The van der Waals surface area contributed by atoms with Crippen LogP contribution >= 0.6 is 0 Å². The number of phenolic OH excluding ortho intramolecular Hbond substituents is 1. The number of hydrogen-bond acceptors (Lipinski definition) is 4. The van der Waals surface area contributed by atoms with Crippen LogP contribution in [0.5, 0.6) is 5.75 Å². The molecule has 0 saturated heterocycles. The minimum Gasteiger partial charge on any atom is -0.507 e. The van der Waals surface area contributed by atoms with E-state index in [0.29, 0.717) is 30.1 Å². The summed E-state index contributed by atoms with van der Waals surface area (Å²) in [6.07, 6.45) is 0.897. The van der Waals surface area contributed by atoms with Gasteiger partial charge in [0.15, 0.2) is 0 Å². The molecule has 1 amide bonds. The van der Waals surface area contributed by atoms with Gasteiger partial charge in [0.2, 0.25) is 0 Å². The second-order valence-electron chi connectivity index (χ2n) is 9.92. The Labute approximate surface area is 195 Å². The molecule has 3 aromatic rings. The van der Waals surface area contributed by atoms with Crippen molar-refractivity contribution in [1.82, 2.24) is 15.1 Å². The van der Waals surface area contributed by atoms with Crippen molar-refractivity contribution in [3.8, 4) is 17.0 Å². The van der Waals surface area contributed by atoms with Crippen LogP contribution in [0, 0.1) is 0 Å². The summed E-state index contributed by atoms with van der Waals surface area (Å²) in [5.41, 5.74) is 4.84. The van der Waals surface area contributed by atoms with Gasteiger partial charge in [-0.15, -0.1) is 0 Å². The number of phenols is 1. The number of rotatable bonds is 7. The molecule has 0 fully saturated rings. The number of amides is 1. The minimum absolute atomic E-state index is 0.0414. The molecule has 4 rings (SSSR count). The molecule has 1 aromatic heterocycles. The fourth-order valence-corrected chi connectivity index (χ4v) is 4.37. The molecule has 2 N–H and O–H groups in total. The second kappa shape index (κ2) is 9.02. The van der Waals surface area contributed by atoms with Crippen LogP contribution in [0.15, 0.2) is 48.5 Å². The van der Waals surface area contributed by atoms with Crippen molar-refractivity contribution in [2.75, 3.05) is 13.2 Å². The lowest BCUT2D eigenvalue weighted by molar-refractivity contribution is 0.0601. The van der Waals surface area contributed by atoms with Gasteiger partial charge in [-0.1, -0.05) is 57.2 Å². The van der Waals surface area contributed by atoms with E-state index in [9.17, 15) is 9.90 Å². The normalized spacial score (nSPS) is 16.0. The predicted octanol–water partition coefficient (Wildman–Crippen LogP) is 5.44. The van der Waals surface area contributed by atoms with Crippen molar-refractivity contribution in [3.63, 3.8) is 0 Å². The Morgan fingerprint density at radius 3 is 2.45 bits per heavy atom. The van der Waals surface area contributed by atoms with Gasteiger partial charge in [0.1, 0.15) is 17.1 Å². The molecule has 2 heterocycles. The van der Waals surface area contributed by atoms with Crippen LogP contribution in [0.3, 0.4) is 0 Å². The number of carbonyl (C=O) groups is 1. The summed E-state index contributed by atoms with van der Waals surface area (Å²) in [4.78, 5) is 15.3. The Hall–Kier alpha value is -3.12. The molecule has 1 atom stereocenters. The van der Waals surface area contributed by atoms with Crippen molar-refractivity contribution >= 4 is 5.91 Å². The first kappa shape index (κ1) is 23.1. The van der Waals surface area contributed by atoms with Gasteiger partial charge in [0.05, 0.1) is 12.1 Å². The van der Waals surface area contributed by atoms with E-state index in [1.54, 1.807) is 12.1 Å². The van der Waals surface area contributed by atoms with Gasteiger partial charge in [0, 0.05) is 24.3 Å². The number of fused-ring (bicyclic) bond motifs is 1. The number of aromatic amines is 1. The van der Waals surface area contributed by atoms with Crippen LogP contribution in [-0.2, 0) is 10.2 Å². The standard InChI is InChI=1S/C27H33N3O3/c1-17(2)33-16-8-15-30-25(18-11-13-19(14-12-18)27(3,4)5)22-23(28-29-24(22)26(30)32)20-9-6-7-10-21(20)31/h6-7,9-14,17,25,31H,8,15-16H2,1-5H3,(H,28,29)/t25-/m0/s1. The van der Waals surface area contributed by atoms with Gasteiger partial charge >= 0.3 is 0 Å². The highest BCUT2D eigenvalue weighted by Gasteiger charge is 2.42. The average Bonchev–Trinajstić information content (AvgIpc) is 3.30. The summed E-state index contributed by atoms with van der Waals surface area (Å²) in [5.74, 6) is 0.0680. The average molecular weight is 448 g/mol. The molecule has 33 heavy (non-hydrogen) atoms. The molecule has 1 aliphatic heterocycles. The van der Waals surface area contributed by atoms with E-state index >= 15 is 0 Å². The zero-order chi connectivity index (χ0) is 23.8. The Morgan fingerprint density at radius 1 is 1.12 bits per heavy atom. The number of aromatic hydroxyl groups is 1. The summed E-state index contributed by atoms with van der Waals surface area (Å²) < 4.78 is 5.71. The van der Waals surface area contributed by atoms with Gasteiger partial charge in [-0.2, -0.15) is 5.10 Å². The molecule has 6 heteroatoms. The molecule has 1 aliphatic rings. The first-order chi connectivity index (χ1) is 15.7. The maximum Gasteiger partial charge on any atom is 0.273 e. The summed E-state index contributed by atoms with van der Waals surface area (Å²) in [7, 11) is 0. The number of aromatic nitrogens is 2. The third kappa shape index (κ3) is 4.53. The molecule has 0 aliphatic carbocycles. The highest BCUT2D eigenvalue weighted by atomic mass is 16.5. The fourth-order valence-electron chi connectivity index (χ4n) is 4.37. The fraction of sp³-hybridized carbons (Fsp3) is 0.407.